The van der Waals surface area contributed by atoms with E-state index in [0.29, 0.717) is 77.3 Å². The monoisotopic (exact) mass is 1160 g/mol. The standard InChI is InChI=1S/C60H71ClF2N10O8S/c1-5-49(75)71-25-27-72(28-26-71)56-42-35-43(61)51(52-44(62)17-11-19-47(52)74)53(63)55(42)68-60(69-56)65-23-22-50(76)70(4)29-30-79-31-32-80-33-34-81-48-21-20-40(39-15-9-10-16-41(39)48)45-36-82-58(66-45)46-18-12-24-73(46)59(78)54(38-13-7-6-8-14-38)67-57(77)37(2)64-3/h5,9-11,15-17,19-21,35-38,46,54,64,74H,1,6-8,12-14,18,22-34H2,2-4H3,(H,67,77)(H,65,68,69)/t37-,46-,54?/m0/s1. The molecule has 4 amide bonds. The highest BCUT2D eigenvalue weighted by atomic mass is 35.5. The largest absolute Gasteiger partial charge is 0.507 e. The molecule has 3 atom stereocenters. The lowest BCUT2D eigenvalue weighted by atomic mass is 9.83. The summed E-state index contributed by atoms with van der Waals surface area (Å²) in [5.74, 6) is -1.73. The van der Waals surface area contributed by atoms with Crippen LogP contribution in [0.1, 0.15) is 69.3 Å². The number of anilines is 2. The number of aromatic hydroxyl groups is 1. The first-order valence-electron chi connectivity index (χ1n) is 28.1. The number of hydrogen-bond donors (Lipinski definition) is 4. The molecular weight excluding hydrogens is 1090 g/mol. The number of thiazole rings is 1. The lowest BCUT2D eigenvalue weighted by molar-refractivity contribution is -0.139. The summed E-state index contributed by atoms with van der Waals surface area (Å²) < 4.78 is 49.5. The Balaban J connectivity index is 0.731. The van der Waals surface area contributed by atoms with Crippen molar-refractivity contribution in [2.75, 3.05) is 103 Å². The maximum absolute atomic E-state index is 16.6. The molecule has 82 heavy (non-hydrogen) atoms. The zero-order chi connectivity index (χ0) is 57.9. The Morgan fingerprint density at radius 1 is 0.878 bits per heavy atom. The number of nitrogens with zero attached hydrogens (tertiary/aromatic N) is 7. The number of rotatable bonds is 24. The van der Waals surface area contributed by atoms with Crippen molar-refractivity contribution in [2.45, 2.75) is 76.4 Å². The van der Waals surface area contributed by atoms with E-state index >= 15 is 8.78 Å². The van der Waals surface area contributed by atoms with Gasteiger partial charge in [0, 0.05) is 86.6 Å². The van der Waals surface area contributed by atoms with E-state index in [-0.39, 0.29) is 82.6 Å². The summed E-state index contributed by atoms with van der Waals surface area (Å²) in [6.45, 7) is 9.37. The second-order valence-corrected chi connectivity index (χ2v) is 22.1. The van der Waals surface area contributed by atoms with Crippen molar-refractivity contribution in [2.24, 2.45) is 5.92 Å². The van der Waals surface area contributed by atoms with Crippen LogP contribution >= 0.6 is 22.9 Å². The van der Waals surface area contributed by atoms with Gasteiger partial charge in [-0.2, -0.15) is 4.98 Å². The second kappa shape index (κ2) is 27.8. The van der Waals surface area contributed by atoms with Gasteiger partial charge in [0.1, 0.15) is 46.3 Å². The molecule has 6 aromatic rings. The molecule has 4 aromatic carbocycles. The predicted octanol–water partition coefficient (Wildman–Crippen LogP) is 8.75. The van der Waals surface area contributed by atoms with Crippen molar-refractivity contribution < 1.29 is 47.3 Å². The number of carbonyl (C=O) groups excluding carboxylic acids is 4. The van der Waals surface area contributed by atoms with Crippen molar-refractivity contribution in [3.63, 3.8) is 0 Å². The van der Waals surface area contributed by atoms with Crippen molar-refractivity contribution in [1.29, 1.82) is 0 Å². The van der Waals surface area contributed by atoms with Gasteiger partial charge in [0.15, 0.2) is 5.82 Å². The molecule has 1 saturated carbocycles. The molecule has 3 aliphatic rings. The Hall–Kier alpha value is -7.04. The number of likely N-dealkylation sites (tertiary alicyclic amines) is 1. The first-order valence-corrected chi connectivity index (χ1v) is 29.4. The predicted molar refractivity (Wildman–Crippen MR) is 314 cm³/mol. The Bertz CT molecular complexity index is 3250. The summed E-state index contributed by atoms with van der Waals surface area (Å²) >= 11 is 8.17. The maximum Gasteiger partial charge on any atom is 0.246 e. The number of ether oxygens (including phenoxy) is 3. The van der Waals surface area contributed by atoms with Gasteiger partial charge in [-0.15, -0.1) is 11.3 Å². The van der Waals surface area contributed by atoms with Crippen LogP contribution < -0.4 is 25.6 Å². The Morgan fingerprint density at radius 2 is 1.62 bits per heavy atom. The highest BCUT2D eigenvalue weighted by Gasteiger charge is 2.40. The molecule has 0 bridgehead atoms. The van der Waals surface area contributed by atoms with Crippen LogP contribution in [0.2, 0.25) is 5.02 Å². The number of benzene rings is 4. The molecule has 3 fully saturated rings. The van der Waals surface area contributed by atoms with Crippen molar-refractivity contribution in [1.82, 2.24) is 40.3 Å². The molecular formula is C60H71ClF2N10O8S. The van der Waals surface area contributed by atoms with E-state index in [1.54, 1.807) is 35.2 Å². The van der Waals surface area contributed by atoms with Gasteiger partial charge in [-0.1, -0.05) is 67.8 Å². The number of phenols is 1. The van der Waals surface area contributed by atoms with Gasteiger partial charge in [-0.05, 0) is 87.4 Å². The first-order chi connectivity index (χ1) is 39.8. The molecule has 4 N–H and O–H groups in total. The second-order valence-electron chi connectivity index (χ2n) is 20.8. The minimum atomic E-state index is -0.962. The third-order valence-electron chi connectivity index (χ3n) is 15.7. The summed E-state index contributed by atoms with van der Waals surface area (Å²) in [5, 5.41) is 24.7. The van der Waals surface area contributed by atoms with Gasteiger partial charge in [0.2, 0.25) is 29.6 Å². The van der Waals surface area contributed by atoms with Crippen LogP contribution in [0.15, 0.2) is 78.7 Å². The van der Waals surface area contributed by atoms with Crippen molar-refractivity contribution in [3.8, 4) is 33.9 Å². The fourth-order valence-corrected chi connectivity index (χ4v) is 12.2. The highest BCUT2D eigenvalue weighted by molar-refractivity contribution is 7.10. The summed E-state index contributed by atoms with van der Waals surface area (Å²) in [4.78, 5) is 74.3. The number of amides is 4. The van der Waals surface area contributed by atoms with E-state index in [9.17, 15) is 24.3 Å². The molecule has 9 rings (SSSR count). The maximum atomic E-state index is 16.6. The fourth-order valence-electron chi connectivity index (χ4n) is 11.0. The van der Waals surface area contributed by atoms with E-state index in [4.69, 9.17) is 35.8 Å². The Morgan fingerprint density at radius 3 is 2.37 bits per heavy atom. The summed E-state index contributed by atoms with van der Waals surface area (Å²) in [7, 11) is 3.42. The third kappa shape index (κ3) is 13.7. The molecule has 4 heterocycles. The van der Waals surface area contributed by atoms with Crippen molar-refractivity contribution in [3.05, 3.63) is 100 Å². The Kier molecular flexibility index (Phi) is 20.2. The molecule has 22 heteroatoms. The van der Waals surface area contributed by atoms with Gasteiger partial charge in [0.25, 0.3) is 0 Å². The number of hydrogen-bond acceptors (Lipinski definition) is 15. The number of halogens is 3. The molecule has 1 aliphatic carbocycles. The summed E-state index contributed by atoms with van der Waals surface area (Å²) in [6.07, 6.45) is 8.12. The molecule has 1 unspecified atom stereocenters. The quantitative estimate of drug-likeness (QED) is 0.0331. The van der Waals surface area contributed by atoms with E-state index in [0.717, 1.165) is 78.0 Å². The normalized spacial score (nSPS) is 16.6. The number of phenolic OH excluding ortho intramolecular Hbond substituents is 1. The van der Waals surface area contributed by atoms with Crippen LogP contribution in [0, 0.1) is 17.6 Å². The third-order valence-corrected chi connectivity index (χ3v) is 16.9. The van der Waals surface area contributed by atoms with Crippen LogP contribution in [0.5, 0.6) is 11.5 Å². The SMILES string of the molecule is C=CC(=O)N1CCN(c2nc(NCCC(=O)N(C)CCOCCOCCOc3ccc(-c4csc([C@@H]5CCCN5C(=O)C(NC(=O)[C@H](C)NC)C5CCCCC5)n4)c4ccccc34)nc3c(F)c(-c4c(O)cccc4F)c(Cl)cc23)CC1. The van der Waals surface area contributed by atoms with E-state index in [1.807, 2.05) is 47.1 Å². The van der Waals surface area contributed by atoms with Crippen LogP contribution in [0.25, 0.3) is 44.1 Å². The minimum Gasteiger partial charge on any atom is -0.507 e. The average Bonchev–Trinajstić information content (AvgIpc) is 4.01. The molecule has 0 radical (unpaired) electrons. The number of likely N-dealkylation sites (N-methyl/N-ethyl adjacent to an activating group) is 2. The average molecular weight is 1170 g/mol. The van der Waals surface area contributed by atoms with Gasteiger partial charge in [0.05, 0.1) is 54.8 Å². The van der Waals surface area contributed by atoms with Gasteiger partial charge < -0.3 is 54.9 Å². The lowest BCUT2D eigenvalue weighted by Gasteiger charge is -2.35. The zero-order valence-corrected chi connectivity index (χ0v) is 48.1. The van der Waals surface area contributed by atoms with Gasteiger partial charge in [-0.3, -0.25) is 19.2 Å². The number of piperazine rings is 1. The van der Waals surface area contributed by atoms with Gasteiger partial charge >= 0.3 is 0 Å². The fraction of sp³-hybridized carbons (Fsp3) is 0.450. The van der Waals surface area contributed by atoms with Crippen molar-refractivity contribution >= 4 is 80.0 Å². The van der Waals surface area contributed by atoms with Crippen LogP contribution in [-0.4, -0.2) is 163 Å². The van der Waals surface area contributed by atoms with Crippen LogP contribution in [0.3, 0.4) is 0 Å². The Labute approximate surface area is 485 Å². The number of carbonyl (C=O) groups is 4. The molecule has 2 saturated heterocycles. The van der Waals surface area contributed by atoms with E-state index in [1.165, 1.54) is 24.3 Å². The van der Waals surface area contributed by atoms with E-state index in [2.05, 4.69) is 39.0 Å². The first kappa shape index (κ1) is 59.6. The zero-order valence-electron chi connectivity index (χ0n) is 46.6. The van der Waals surface area contributed by atoms with E-state index < -0.39 is 35.0 Å². The topological polar surface area (TPSA) is 204 Å². The van der Waals surface area contributed by atoms with Crippen LogP contribution in [0.4, 0.5) is 20.5 Å². The number of fused-ring (bicyclic) bond motifs is 2. The number of nitrogens with one attached hydrogen (secondary N) is 3. The lowest BCUT2D eigenvalue weighted by Crippen LogP contribution is -2.55. The van der Waals surface area contributed by atoms with Gasteiger partial charge in [-0.25, -0.2) is 18.7 Å². The highest BCUT2D eigenvalue weighted by Crippen LogP contribution is 2.44. The summed E-state index contributed by atoms with van der Waals surface area (Å²) in [6, 6.07) is 16.0. The molecule has 2 aliphatic heterocycles. The minimum absolute atomic E-state index is 0.0103. The summed E-state index contributed by atoms with van der Waals surface area (Å²) in [5.41, 5.74) is 0.863. The molecule has 2 aromatic heterocycles. The molecule has 436 valence electrons. The smallest absolute Gasteiger partial charge is 0.246 e. The van der Waals surface area contributed by atoms with Crippen LogP contribution in [-0.2, 0) is 28.7 Å². The molecule has 18 nitrogen and oxygen atoms in total. The number of aromatic nitrogens is 3. The molecule has 0 spiro atoms.